The Morgan fingerprint density at radius 3 is 2.40 bits per heavy atom. The summed E-state index contributed by atoms with van der Waals surface area (Å²) in [5.74, 6) is -0.180. The minimum atomic E-state index is -0.302. The molecule has 0 aliphatic heterocycles. The number of aryl methyl sites for hydroxylation is 1. The van der Waals surface area contributed by atoms with Gasteiger partial charge in [-0.3, -0.25) is 4.79 Å². The van der Waals surface area contributed by atoms with Crippen molar-refractivity contribution in [2.24, 2.45) is 5.10 Å². The van der Waals surface area contributed by atoms with Crippen LogP contribution in [0.5, 0.6) is 0 Å². The minimum absolute atomic E-state index is 0.180. The second-order valence-corrected chi connectivity index (χ2v) is 9.40. The summed E-state index contributed by atoms with van der Waals surface area (Å²) in [5, 5.41) is 5.65. The van der Waals surface area contributed by atoms with E-state index in [4.69, 9.17) is 34.8 Å². The van der Waals surface area contributed by atoms with Gasteiger partial charge in [-0.05, 0) is 69.3 Å². The number of thioether (sulfide) groups is 1. The normalized spacial score (nSPS) is 12.3. The van der Waals surface area contributed by atoms with Crippen molar-refractivity contribution in [3.63, 3.8) is 0 Å². The molecule has 0 fully saturated rings. The summed E-state index contributed by atoms with van der Waals surface area (Å²) in [7, 11) is 0. The highest BCUT2D eigenvalue weighted by Gasteiger charge is 2.15. The zero-order valence-corrected chi connectivity index (χ0v) is 19.7. The first kappa shape index (κ1) is 22.8. The van der Waals surface area contributed by atoms with E-state index < -0.39 is 0 Å². The lowest BCUT2D eigenvalue weighted by atomic mass is 10.2. The number of hydrazone groups is 1. The summed E-state index contributed by atoms with van der Waals surface area (Å²) in [4.78, 5) is 13.3. The van der Waals surface area contributed by atoms with E-state index in [1.165, 1.54) is 11.8 Å². The van der Waals surface area contributed by atoms with Gasteiger partial charge in [0, 0.05) is 31.9 Å². The smallest absolute Gasteiger partial charge is 0.253 e. The summed E-state index contributed by atoms with van der Waals surface area (Å²) in [6, 6.07) is 14.8. The molecular formula is C22H20Cl3N3OS. The summed E-state index contributed by atoms with van der Waals surface area (Å²) in [6.45, 7) is 5.79. The number of halogens is 3. The summed E-state index contributed by atoms with van der Waals surface area (Å²) in [5.41, 5.74) is 6.29. The molecule has 1 N–H and O–H groups in total. The Kier molecular flexibility index (Phi) is 7.53. The van der Waals surface area contributed by atoms with Gasteiger partial charge in [0.25, 0.3) is 5.91 Å². The van der Waals surface area contributed by atoms with Gasteiger partial charge in [0.15, 0.2) is 0 Å². The van der Waals surface area contributed by atoms with Crippen LogP contribution < -0.4 is 5.43 Å². The Balaban J connectivity index is 1.69. The van der Waals surface area contributed by atoms with Gasteiger partial charge in [-0.15, -0.1) is 11.8 Å². The third-order valence-electron chi connectivity index (χ3n) is 4.50. The number of hydrogen-bond donors (Lipinski definition) is 1. The molecule has 0 saturated carbocycles. The molecule has 0 spiro atoms. The highest BCUT2D eigenvalue weighted by Crippen LogP contribution is 2.28. The average Bonchev–Trinajstić information content (AvgIpc) is 2.97. The molecule has 0 radical (unpaired) electrons. The molecule has 3 rings (SSSR count). The molecule has 8 heteroatoms. The van der Waals surface area contributed by atoms with E-state index in [2.05, 4.69) is 10.5 Å². The molecule has 3 aromatic rings. The zero-order valence-electron chi connectivity index (χ0n) is 16.6. The van der Waals surface area contributed by atoms with Crippen molar-refractivity contribution in [3.05, 3.63) is 80.6 Å². The van der Waals surface area contributed by atoms with E-state index in [0.29, 0.717) is 15.1 Å². The van der Waals surface area contributed by atoms with Crippen molar-refractivity contribution < 1.29 is 4.79 Å². The van der Waals surface area contributed by atoms with Gasteiger partial charge in [0.1, 0.15) is 0 Å². The Labute approximate surface area is 195 Å². The molecule has 1 unspecified atom stereocenters. The molecule has 2 aromatic carbocycles. The number of hydrogen-bond acceptors (Lipinski definition) is 3. The zero-order chi connectivity index (χ0) is 21.8. The molecule has 0 bridgehead atoms. The van der Waals surface area contributed by atoms with E-state index in [-0.39, 0.29) is 11.2 Å². The van der Waals surface area contributed by atoms with Crippen molar-refractivity contribution in [1.29, 1.82) is 0 Å². The van der Waals surface area contributed by atoms with Gasteiger partial charge in [0.05, 0.1) is 22.2 Å². The van der Waals surface area contributed by atoms with E-state index >= 15 is 0 Å². The Hall–Kier alpha value is -1.92. The average molecular weight is 481 g/mol. The van der Waals surface area contributed by atoms with Gasteiger partial charge in [-0.1, -0.05) is 34.8 Å². The summed E-state index contributed by atoms with van der Waals surface area (Å²) in [6.07, 6.45) is 1.64. The van der Waals surface area contributed by atoms with E-state index in [9.17, 15) is 4.79 Å². The number of carbonyl (C=O) groups excluding carboxylic acids is 1. The minimum Gasteiger partial charge on any atom is -0.316 e. The topological polar surface area (TPSA) is 46.4 Å². The lowest BCUT2D eigenvalue weighted by Gasteiger charge is -2.12. The van der Waals surface area contributed by atoms with Crippen LogP contribution in [0.3, 0.4) is 0 Å². The van der Waals surface area contributed by atoms with Crippen molar-refractivity contribution in [3.8, 4) is 5.69 Å². The van der Waals surface area contributed by atoms with Crippen molar-refractivity contribution >= 4 is 58.7 Å². The maximum Gasteiger partial charge on any atom is 0.253 e. The number of amides is 1. The number of aromatic nitrogens is 1. The first-order chi connectivity index (χ1) is 14.3. The Morgan fingerprint density at radius 1 is 1.07 bits per heavy atom. The highest BCUT2D eigenvalue weighted by atomic mass is 35.5. The van der Waals surface area contributed by atoms with Gasteiger partial charge >= 0.3 is 0 Å². The lowest BCUT2D eigenvalue weighted by Crippen LogP contribution is -2.26. The van der Waals surface area contributed by atoms with Gasteiger partial charge in [-0.2, -0.15) is 5.10 Å². The summed E-state index contributed by atoms with van der Waals surface area (Å²) >= 11 is 19.7. The molecule has 4 nitrogen and oxygen atoms in total. The predicted molar refractivity (Wildman–Crippen MR) is 128 cm³/mol. The number of nitrogens with one attached hydrogen (secondary N) is 1. The van der Waals surface area contributed by atoms with Crippen LogP contribution in [-0.4, -0.2) is 21.9 Å². The van der Waals surface area contributed by atoms with Gasteiger partial charge in [-0.25, -0.2) is 5.43 Å². The second kappa shape index (κ2) is 9.92. The molecule has 1 atom stereocenters. The molecular weight excluding hydrogens is 461 g/mol. The number of nitrogens with zero attached hydrogens (tertiary/aromatic N) is 2. The fourth-order valence-corrected chi connectivity index (χ4v) is 4.46. The Morgan fingerprint density at radius 2 is 1.73 bits per heavy atom. The predicted octanol–water partition coefficient (Wildman–Crippen LogP) is 6.69. The van der Waals surface area contributed by atoms with E-state index in [1.54, 1.807) is 30.5 Å². The third kappa shape index (κ3) is 5.41. The first-order valence-electron chi connectivity index (χ1n) is 9.15. The number of carbonyl (C=O) groups is 1. The van der Waals surface area contributed by atoms with Crippen molar-refractivity contribution in [2.75, 3.05) is 0 Å². The molecule has 1 aromatic heterocycles. The van der Waals surface area contributed by atoms with Crippen LogP contribution in [0.2, 0.25) is 15.1 Å². The molecule has 30 heavy (non-hydrogen) atoms. The third-order valence-corrected chi connectivity index (χ3v) is 6.40. The molecule has 0 saturated heterocycles. The molecule has 0 aliphatic rings. The molecule has 0 aliphatic carbocycles. The van der Waals surface area contributed by atoms with Crippen LogP contribution in [0.15, 0.2) is 58.5 Å². The van der Waals surface area contributed by atoms with Crippen LogP contribution in [0.25, 0.3) is 5.69 Å². The second-order valence-electron chi connectivity index (χ2n) is 6.71. The van der Waals surface area contributed by atoms with Crippen LogP contribution in [0.4, 0.5) is 0 Å². The van der Waals surface area contributed by atoms with Crippen LogP contribution in [0, 0.1) is 13.8 Å². The molecule has 1 heterocycles. The van der Waals surface area contributed by atoms with Gasteiger partial charge < -0.3 is 4.57 Å². The SMILES string of the molecule is Cc1cc(/C=N/NC(=O)C(C)Sc2ccc(Cl)cc2)c(C)n1-c1ccc(Cl)cc1Cl. The van der Waals surface area contributed by atoms with Crippen molar-refractivity contribution in [2.45, 2.75) is 30.9 Å². The quantitative estimate of drug-likeness (QED) is 0.243. The first-order valence-corrected chi connectivity index (χ1v) is 11.2. The van der Waals surface area contributed by atoms with E-state index in [1.807, 2.05) is 49.6 Å². The van der Waals surface area contributed by atoms with Crippen LogP contribution in [-0.2, 0) is 4.79 Å². The molecule has 156 valence electrons. The highest BCUT2D eigenvalue weighted by molar-refractivity contribution is 8.00. The Bertz CT molecular complexity index is 1090. The number of rotatable bonds is 6. The standard InChI is InChI=1S/C22H20Cl3N3OS/c1-13-10-16(14(2)28(13)21-9-6-18(24)11-20(21)25)12-26-27-22(29)15(3)30-19-7-4-17(23)5-8-19/h4-12,15H,1-3H3,(H,27,29)/b26-12+. The monoisotopic (exact) mass is 479 g/mol. The lowest BCUT2D eigenvalue weighted by molar-refractivity contribution is -0.120. The maximum absolute atomic E-state index is 12.4. The maximum atomic E-state index is 12.4. The van der Waals surface area contributed by atoms with Crippen molar-refractivity contribution in [1.82, 2.24) is 9.99 Å². The summed E-state index contributed by atoms with van der Waals surface area (Å²) < 4.78 is 2.03. The fourth-order valence-electron chi connectivity index (χ4n) is 2.98. The molecule has 1 amide bonds. The van der Waals surface area contributed by atoms with Crippen LogP contribution >= 0.6 is 46.6 Å². The van der Waals surface area contributed by atoms with Crippen LogP contribution in [0.1, 0.15) is 23.9 Å². The van der Waals surface area contributed by atoms with Gasteiger partial charge in [0.2, 0.25) is 0 Å². The largest absolute Gasteiger partial charge is 0.316 e. The number of benzene rings is 2. The fraction of sp³-hybridized carbons (Fsp3) is 0.182. The van der Waals surface area contributed by atoms with E-state index in [0.717, 1.165) is 27.5 Å².